The summed E-state index contributed by atoms with van der Waals surface area (Å²) in [6, 6.07) is 3.81. The number of anilines is 1. The second-order valence-corrected chi connectivity index (χ2v) is 3.88. The average Bonchev–Trinajstić information content (AvgIpc) is 2.78. The van der Waals surface area contributed by atoms with E-state index in [1.54, 1.807) is 6.26 Å². The molecule has 0 saturated heterocycles. The number of furan rings is 1. The molecule has 0 aliphatic rings. The van der Waals surface area contributed by atoms with Crippen molar-refractivity contribution < 1.29 is 4.42 Å². The Hall–Kier alpha value is -1.55. The Balaban J connectivity index is 2.18. The first-order valence-electron chi connectivity index (χ1n) is 4.95. The molecule has 0 saturated carbocycles. The lowest BCUT2D eigenvalue weighted by molar-refractivity contribution is 0.490. The molecule has 0 aliphatic heterocycles. The Kier molecular flexibility index (Phi) is 3.10. The summed E-state index contributed by atoms with van der Waals surface area (Å²) in [5.74, 6) is 1.58. The van der Waals surface area contributed by atoms with Gasteiger partial charge in [0, 0.05) is 5.56 Å². The number of nitrogens with one attached hydrogen (secondary N) is 1. The van der Waals surface area contributed by atoms with Crippen LogP contribution in [0.4, 0.5) is 5.82 Å². The maximum atomic E-state index is 5.91. The molecule has 0 aliphatic carbocycles. The van der Waals surface area contributed by atoms with Crippen LogP contribution in [0.15, 0.2) is 29.1 Å². The van der Waals surface area contributed by atoms with Crippen molar-refractivity contribution in [1.82, 2.24) is 9.97 Å². The molecule has 1 atom stereocenters. The zero-order chi connectivity index (χ0) is 11.5. The predicted octanol–water partition coefficient (Wildman–Crippen LogP) is 3.20. The minimum absolute atomic E-state index is 0.0414. The molecule has 4 nitrogen and oxygen atoms in total. The molecule has 1 unspecified atom stereocenters. The van der Waals surface area contributed by atoms with Crippen molar-refractivity contribution in [2.75, 3.05) is 5.32 Å². The van der Waals surface area contributed by atoms with E-state index in [4.69, 9.17) is 16.0 Å². The first kappa shape index (κ1) is 11.0. The van der Waals surface area contributed by atoms with E-state index in [-0.39, 0.29) is 6.04 Å². The van der Waals surface area contributed by atoms with Gasteiger partial charge in [0.05, 0.1) is 12.3 Å². The van der Waals surface area contributed by atoms with Crippen LogP contribution in [0.25, 0.3) is 0 Å². The van der Waals surface area contributed by atoms with Gasteiger partial charge in [0.25, 0.3) is 0 Å². The Morgan fingerprint density at radius 2 is 2.25 bits per heavy atom. The highest BCUT2D eigenvalue weighted by atomic mass is 35.5. The number of hydrogen-bond acceptors (Lipinski definition) is 4. The minimum Gasteiger partial charge on any atom is -0.467 e. The maximum Gasteiger partial charge on any atom is 0.137 e. The van der Waals surface area contributed by atoms with Gasteiger partial charge in [0.15, 0.2) is 0 Å². The first-order chi connectivity index (χ1) is 7.68. The Morgan fingerprint density at radius 3 is 2.94 bits per heavy atom. The van der Waals surface area contributed by atoms with Crippen LogP contribution in [0.1, 0.15) is 24.3 Å². The van der Waals surface area contributed by atoms with Crippen LogP contribution < -0.4 is 5.32 Å². The van der Waals surface area contributed by atoms with E-state index in [9.17, 15) is 0 Å². The molecule has 5 heteroatoms. The van der Waals surface area contributed by atoms with Gasteiger partial charge in [-0.2, -0.15) is 0 Å². The number of aromatic nitrogens is 2. The van der Waals surface area contributed by atoms with Gasteiger partial charge < -0.3 is 9.73 Å². The molecule has 16 heavy (non-hydrogen) atoms. The van der Waals surface area contributed by atoms with Gasteiger partial charge in [-0.1, -0.05) is 11.6 Å². The minimum atomic E-state index is 0.0414. The van der Waals surface area contributed by atoms with Crippen LogP contribution in [-0.4, -0.2) is 9.97 Å². The lowest BCUT2D eigenvalue weighted by Crippen LogP contribution is -2.08. The van der Waals surface area contributed by atoms with Crippen LogP contribution in [0.2, 0.25) is 5.15 Å². The molecule has 0 bridgehead atoms. The lowest BCUT2D eigenvalue weighted by atomic mass is 10.2. The second-order valence-electron chi connectivity index (χ2n) is 3.52. The van der Waals surface area contributed by atoms with Crippen molar-refractivity contribution in [3.8, 4) is 0 Å². The fraction of sp³-hybridized carbons (Fsp3) is 0.273. The molecular formula is C11H12ClN3O. The van der Waals surface area contributed by atoms with E-state index < -0.39 is 0 Å². The van der Waals surface area contributed by atoms with E-state index >= 15 is 0 Å². The van der Waals surface area contributed by atoms with Gasteiger partial charge in [-0.15, -0.1) is 0 Å². The summed E-state index contributed by atoms with van der Waals surface area (Å²) in [5, 5.41) is 3.69. The fourth-order valence-corrected chi connectivity index (χ4v) is 1.52. The Labute approximate surface area is 98.7 Å². The summed E-state index contributed by atoms with van der Waals surface area (Å²) in [4.78, 5) is 8.04. The van der Waals surface area contributed by atoms with Crippen LogP contribution >= 0.6 is 11.6 Å². The van der Waals surface area contributed by atoms with Gasteiger partial charge in [-0.05, 0) is 26.0 Å². The van der Waals surface area contributed by atoms with E-state index in [1.165, 1.54) is 6.33 Å². The Bertz CT molecular complexity index is 470. The zero-order valence-electron chi connectivity index (χ0n) is 9.07. The molecule has 0 fully saturated rings. The second kappa shape index (κ2) is 4.53. The summed E-state index contributed by atoms with van der Waals surface area (Å²) >= 11 is 5.91. The van der Waals surface area contributed by atoms with Crippen molar-refractivity contribution in [2.45, 2.75) is 19.9 Å². The SMILES string of the molecule is Cc1c(Cl)ncnc1NC(C)c1ccco1. The van der Waals surface area contributed by atoms with Gasteiger partial charge in [0.2, 0.25) is 0 Å². The highest BCUT2D eigenvalue weighted by Gasteiger charge is 2.11. The van der Waals surface area contributed by atoms with E-state index in [0.717, 1.165) is 17.1 Å². The van der Waals surface area contributed by atoms with Gasteiger partial charge in [0.1, 0.15) is 23.1 Å². The van der Waals surface area contributed by atoms with Crippen LogP contribution in [-0.2, 0) is 0 Å². The number of hydrogen-bond donors (Lipinski definition) is 1. The molecule has 0 aromatic carbocycles. The average molecular weight is 238 g/mol. The summed E-state index contributed by atoms with van der Waals surface area (Å²) in [5.41, 5.74) is 0.836. The summed E-state index contributed by atoms with van der Waals surface area (Å²) < 4.78 is 5.30. The van der Waals surface area contributed by atoms with E-state index in [1.807, 2.05) is 26.0 Å². The molecule has 0 radical (unpaired) electrons. The number of rotatable bonds is 3. The van der Waals surface area contributed by atoms with Gasteiger partial charge in [-0.25, -0.2) is 9.97 Å². The molecule has 2 aromatic rings. The molecule has 0 spiro atoms. The van der Waals surface area contributed by atoms with Crippen LogP contribution in [0.5, 0.6) is 0 Å². The highest BCUT2D eigenvalue weighted by Crippen LogP contribution is 2.23. The normalized spacial score (nSPS) is 12.4. The molecule has 2 rings (SSSR count). The topological polar surface area (TPSA) is 51.0 Å². The van der Waals surface area contributed by atoms with E-state index in [0.29, 0.717) is 5.15 Å². The van der Waals surface area contributed by atoms with Crippen LogP contribution in [0.3, 0.4) is 0 Å². The zero-order valence-corrected chi connectivity index (χ0v) is 9.82. The smallest absolute Gasteiger partial charge is 0.137 e. The fourth-order valence-electron chi connectivity index (χ4n) is 1.39. The number of nitrogens with zero attached hydrogens (tertiary/aromatic N) is 2. The molecule has 2 aromatic heterocycles. The molecule has 2 heterocycles. The van der Waals surface area contributed by atoms with Crippen molar-refractivity contribution >= 4 is 17.4 Å². The molecule has 84 valence electrons. The van der Waals surface area contributed by atoms with Crippen molar-refractivity contribution in [2.24, 2.45) is 0 Å². The highest BCUT2D eigenvalue weighted by molar-refractivity contribution is 6.30. The lowest BCUT2D eigenvalue weighted by Gasteiger charge is -2.13. The largest absolute Gasteiger partial charge is 0.467 e. The quantitative estimate of drug-likeness (QED) is 0.833. The van der Waals surface area contributed by atoms with Crippen LogP contribution in [0, 0.1) is 6.92 Å². The predicted molar refractivity (Wildman–Crippen MR) is 62.5 cm³/mol. The maximum absolute atomic E-state index is 5.91. The third-order valence-corrected chi connectivity index (χ3v) is 2.73. The van der Waals surface area contributed by atoms with Crippen molar-refractivity contribution in [3.05, 3.63) is 41.2 Å². The monoisotopic (exact) mass is 237 g/mol. The molecule has 1 N–H and O–H groups in total. The van der Waals surface area contributed by atoms with Crippen molar-refractivity contribution in [3.63, 3.8) is 0 Å². The number of halogens is 1. The summed E-state index contributed by atoms with van der Waals surface area (Å²) in [6.07, 6.45) is 3.08. The first-order valence-corrected chi connectivity index (χ1v) is 5.33. The van der Waals surface area contributed by atoms with Crippen molar-refractivity contribution in [1.29, 1.82) is 0 Å². The molecule has 0 amide bonds. The van der Waals surface area contributed by atoms with Gasteiger partial charge >= 0.3 is 0 Å². The van der Waals surface area contributed by atoms with E-state index in [2.05, 4.69) is 15.3 Å². The third-order valence-electron chi connectivity index (χ3n) is 2.35. The third kappa shape index (κ3) is 2.17. The summed E-state index contributed by atoms with van der Waals surface area (Å²) in [7, 11) is 0. The standard InChI is InChI=1S/C11H12ClN3O/c1-7-10(12)13-6-14-11(7)15-8(2)9-4-3-5-16-9/h3-6,8H,1-2H3,(H,13,14,15). The molecular weight excluding hydrogens is 226 g/mol. The van der Waals surface area contributed by atoms with Gasteiger partial charge in [-0.3, -0.25) is 0 Å². The summed E-state index contributed by atoms with van der Waals surface area (Å²) in [6.45, 7) is 3.87. The Morgan fingerprint density at radius 1 is 1.44 bits per heavy atom.